The van der Waals surface area contributed by atoms with Crippen molar-refractivity contribution in [2.45, 2.75) is 83.4 Å². The number of rotatable bonds is 8. The van der Waals surface area contributed by atoms with E-state index in [1.807, 2.05) is 65.1 Å². The maximum absolute atomic E-state index is 13.9. The maximum atomic E-state index is 13.9. The zero-order valence-corrected chi connectivity index (χ0v) is 22.2. The SMILES string of the molecule is COc1cccc(C(C)(C)CNC(=O)[C@@H]2C[C@@H](O)CN2C(=O)[C@@H](n2cc(C3CC3)nn2)C(C)(C)C)c1. The molecule has 1 saturated heterocycles. The van der Waals surface area contributed by atoms with Crippen molar-refractivity contribution < 1.29 is 19.4 Å². The number of hydrogen-bond acceptors (Lipinski definition) is 6. The Morgan fingerprint density at radius 3 is 2.58 bits per heavy atom. The van der Waals surface area contributed by atoms with Crippen molar-refractivity contribution in [3.8, 4) is 5.75 Å². The number of carbonyl (C=O) groups is 2. The van der Waals surface area contributed by atoms with Gasteiger partial charge < -0.3 is 20.1 Å². The van der Waals surface area contributed by atoms with Crippen LogP contribution in [0.15, 0.2) is 30.5 Å². The zero-order chi connectivity index (χ0) is 26.3. The summed E-state index contributed by atoms with van der Waals surface area (Å²) in [4.78, 5) is 28.7. The van der Waals surface area contributed by atoms with Crippen molar-refractivity contribution in [3.05, 3.63) is 41.7 Å². The number of ether oxygens (including phenoxy) is 1. The summed E-state index contributed by atoms with van der Waals surface area (Å²) in [7, 11) is 1.63. The minimum Gasteiger partial charge on any atom is -0.497 e. The Labute approximate surface area is 213 Å². The largest absolute Gasteiger partial charge is 0.497 e. The lowest BCUT2D eigenvalue weighted by atomic mass is 9.84. The van der Waals surface area contributed by atoms with Crippen molar-refractivity contribution in [3.63, 3.8) is 0 Å². The van der Waals surface area contributed by atoms with Crippen LogP contribution in [-0.4, -0.2) is 69.2 Å². The molecule has 4 rings (SSSR count). The fourth-order valence-corrected chi connectivity index (χ4v) is 4.90. The smallest absolute Gasteiger partial charge is 0.248 e. The van der Waals surface area contributed by atoms with Gasteiger partial charge >= 0.3 is 0 Å². The van der Waals surface area contributed by atoms with Crippen LogP contribution in [0.4, 0.5) is 0 Å². The predicted molar refractivity (Wildman–Crippen MR) is 136 cm³/mol. The lowest BCUT2D eigenvalue weighted by Crippen LogP contribution is -2.51. The average Bonchev–Trinajstić information content (AvgIpc) is 3.43. The van der Waals surface area contributed by atoms with E-state index >= 15 is 0 Å². The van der Waals surface area contributed by atoms with E-state index in [1.54, 1.807) is 11.8 Å². The fraction of sp³-hybridized carbons (Fsp3) is 0.630. The third kappa shape index (κ3) is 5.56. The van der Waals surface area contributed by atoms with E-state index in [-0.39, 0.29) is 30.2 Å². The van der Waals surface area contributed by atoms with Crippen molar-refractivity contribution in [2.24, 2.45) is 5.41 Å². The van der Waals surface area contributed by atoms with Gasteiger partial charge in [-0.1, -0.05) is 52.0 Å². The Morgan fingerprint density at radius 2 is 1.94 bits per heavy atom. The molecule has 1 aliphatic carbocycles. The number of aliphatic hydroxyl groups is 1. The van der Waals surface area contributed by atoms with E-state index in [0.717, 1.165) is 29.8 Å². The number of nitrogens with one attached hydrogen (secondary N) is 1. The monoisotopic (exact) mass is 497 g/mol. The van der Waals surface area contributed by atoms with E-state index in [1.165, 1.54) is 4.90 Å². The molecule has 1 aromatic carbocycles. The van der Waals surface area contributed by atoms with E-state index in [0.29, 0.717) is 12.5 Å². The first-order valence-electron chi connectivity index (χ1n) is 12.7. The number of carbonyl (C=O) groups excluding carboxylic acids is 2. The molecule has 1 aromatic heterocycles. The van der Waals surface area contributed by atoms with Crippen LogP contribution < -0.4 is 10.1 Å². The molecule has 9 heteroatoms. The number of methoxy groups -OCH3 is 1. The predicted octanol–water partition coefficient (Wildman–Crippen LogP) is 2.81. The zero-order valence-electron chi connectivity index (χ0n) is 22.2. The highest BCUT2D eigenvalue weighted by molar-refractivity contribution is 5.90. The molecule has 2 aliphatic rings. The highest BCUT2D eigenvalue weighted by Crippen LogP contribution is 2.40. The molecule has 0 radical (unpaired) electrons. The number of hydrogen-bond donors (Lipinski definition) is 2. The molecule has 9 nitrogen and oxygen atoms in total. The summed E-state index contributed by atoms with van der Waals surface area (Å²) in [5.74, 6) is 0.697. The lowest BCUT2D eigenvalue weighted by Gasteiger charge is -2.35. The molecule has 2 N–H and O–H groups in total. The molecular weight excluding hydrogens is 458 g/mol. The van der Waals surface area contributed by atoms with Gasteiger partial charge in [-0.25, -0.2) is 4.68 Å². The molecule has 196 valence electrons. The van der Waals surface area contributed by atoms with E-state index < -0.39 is 23.6 Å². The lowest BCUT2D eigenvalue weighted by molar-refractivity contribution is -0.144. The van der Waals surface area contributed by atoms with Gasteiger partial charge in [0, 0.05) is 37.0 Å². The third-order valence-corrected chi connectivity index (χ3v) is 7.26. The highest BCUT2D eigenvalue weighted by atomic mass is 16.5. The molecule has 1 saturated carbocycles. The van der Waals surface area contributed by atoms with Crippen molar-refractivity contribution >= 4 is 11.8 Å². The first-order valence-corrected chi connectivity index (χ1v) is 12.7. The maximum Gasteiger partial charge on any atom is 0.248 e. The third-order valence-electron chi connectivity index (χ3n) is 7.26. The van der Waals surface area contributed by atoms with Gasteiger partial charge in [-0.05, 0) is 36.0 Å². The van der Waals surface area contributed by atoms with Gasteiger partial charge in [-0.3, -0.25) is 9.59 Å². The van der Waals surface area contributed by atoms with E-state index in [2.05, 4.69) is 15.6 Å². The van der Waals surface area contributed by atoms with Gasteiger partial charge in [-0.2, -0.15) is 0 Å². The van der Waals surface area contributed by atoms with Crippen molar-refractivity contribution in [1.29, 1.82) is 0 Å². The number of likely N-dealkylation sites (tertiary alicyclic amines) is 1. The second-order valence-corrected chi connectivity index (χ2v) is 11.9. The molecule has 36 heavy (non-hydrogen) atoms. The Morgan fingerprint density at radius 1 is 1.22 bits per heavy atom. The minimum absolute atomic E-state index is 0.118. The van der Waals surface area contributed by atoms with Crippen LogP contribution >= 0.6 is 0 Å². The second kappa shape index (κ2) is 9.84. The Kier molecular flexibility index (Phi) is 7.14. The van der Waals surface area contributed by atoms with Gasteiger partial charge in [0.15, 0.2) is 0 Å². The average molecular weight is 498 g/mol. The number of aromatic nitrogens is 3. The topological polar surface area (TPSA) is 110 Å². The summed E-state index contributed by atoms with van der Waals surface area (Å²) in [5.41, 5.74) is 1.12. The molecule has 2 amide bonds. The molecule has 0 spiro atoms. The van der Waals surface area contributed by atoms with Crippen LogP contribution in [0, 0.1) is 5.41 Å². The number of aliphatic hydroxyl groups excluding tert-OH is 1. The highest BCUT2D eigenvalue weighted by Gasteiger charge is 2.45. The quantitative estimate of drug-likeness (QED) is 0.581. The van der Waals surface area contributed by atoms with Gasteiger partial charge in [-0.15, -0.1) is 5.10 Å². The molecule has 2 fully saturated rings. The van der Waals surface area contributed by atoms with Gasteiger partial charge in [0.2, 0.25) is 11.8 Å². The van der Waals surface area contributed by atoms with Crippen LogP contribution in [0.5, 0.6) is 5.75 Å². The summed E-state index contributed by atoms with van der Waals surface area (Å²) in [6, 6.07) is 6.40. The molecule has 0 unspecified atom stereocenters. The first kappa shape index (κ1) is 26.1. The Balaban J connectivity index is 1.50. The van der Waals surface area contributed by atoms with Crippen molar-refractivity contribution in [1.82, 2.24) is 25.2 Å². The van der Waals surface area contributed by atoms with Gasteiger partial charge in [0.1, 0.15) is 17.8 Å². The van der Waals surface area contributed by atoms with Crippen LogP contribution in [0.25, 0.3) is 0 Å². The minimum atomic E-state index is -0.755. The molecule has 3 atom stereocenters. The van der Waals surface area contributed by atoms with Crippen LogP contribution in [-0.2, 0) is 15.0 Å². The number of nitrogens with zero attached hydrogens (tertiary/aromatic N) is 4. The van der Waals surface area contributed by atoms with Crippen molar-refractivity contribution in [2.75, 3.05) is 20.2 Å². The summed E-state index contributed by atoms with van der Waals surface area (Å²) in [6.45, 7) is 10.5. The summed E-state index contributed by atoms with van der Waals surface area (Å²) in [5, 5.41) is 22.1. The number of β-amino-alcohol motifs (C(OH)–C–C–N with tert-alkyl or cyclic N) is 1. The number of amides is 2. The summed E-state index contributed by atoms with van der Waals surface area (Å²) >= 11 is 0. The Hall–Kier alpha value is -2.94. The molecule has 0 bridgehead atoms. The molecule has 2 heterocycles. The summed E-state index contributed by atoms with van der Waals surface area (Å²) < 4.78 is 6.98. The molecule has 2 aromatic rings. The van der Waals surface area contributed by atoms with Crippen LogP contribution in [0.1, 0.15) is 77.1 Å². The second-order valence-electron chi connectivity index (χ2n) is 11.9. The Bertz CT molecular complexity index is 1100. The van der Waals surface area contributed by atoms with Crippen LogP contribution in [0.3, 0.4) is 0 Å². The number of benzene rings is 1. The van der Waals surface area contributed by atoms with E-state index in [9.17, 15) is 14.7 Å². The standard InChI is InChI=1S/C27H39N5O4/c1-26(2,3)23(32-15-21(29-30-32)17-10-11-17)25(35)31-14-19(33)13-22(31)24(34)28-16-27(4,5)18-8-7-9-20(12-18)36-6/h7-9,12,15,17,19,22-23,33H,10-11,13-14,16H2,1-6H3,(H,28,34)/t19-,22+,23-/m1/s1. The fourth-order valence-electron chi connectivity index (χ4n) is 4.90. The van der Waals surface area contributed by atoms with E-state index in [4.69, 9.17) is 4.74 Å². The molecule has 1 aliphatic heterocycles. The van der Waals surface area contributed by atoms with Gasteiger partial charge in [0.05, 0.1) is 18.9 Å². The molecular formula is C27H39N5O4. The first-order chi connectivity index (χ1) is 16.9. The van der Waals surface area contributed by atoms with Gasteiger partial charge in [0.25, 0.3) is 0 Å². The van der Waals surface area contributed by atoms with Crippen LogP contribution in [0.2, 0.25) is 0 Å². The summed E-state index contributed by atoms with van der Waals surface area (Å²) in [6.07, 6.45) is 3.51. The normalized spacial score (nSPS) is 21.4.